The summed E-state index contributed by atoms with van der Waals surface area (Å²) in [5, 5.41) is 0. The Morgan fingerprint density at radius 1 is 0.778 bits per heavy atom. The van der Waals surface area contributed by atoms with Gasteiger partial charge >= 0.3 is 54.2 Å². The summed E-state index contributed by atoms with van der Waals surface area (Å²) < 4.78 is 28.4. The third-order valence-corrected chi connectivity index (χ3v) is 2.09. The van der Waals surface area contributed by atoms with Crippen molar-refractivity contribution in [3.8, 4) is 0 Å². The predicted molar refractivity (Wildman–Crippen MR) is 66.3 cm³/mol. The van der Waals surface area contributed by atoms with E-state index < -0.39 is 27.7 Å². The minimum absolute atomic E-state index is 0. The Labute approximate surface area is 139 Å². The first kappa shape index (κ1) is 27.6. The summed E-state index contributed by atoms with van der Waals surface area (Å²) >= 11 is 0. The molecule has 2 N–H and O–H groups in total. The molecular formula is C8H20CaO7P2+2. The van der Waals surface area contributed by atoms with E-state index in [4.69, 9.17) is 0 Å². The fourth-order valence-corrected chi connectivity index (χ4v) is 1.34. The van der Waals surface area contributed by atoms with Gasteiger partial charge in [0.05, 0.1) is 0 Å². The average Bonchev–Trinajstić information content (AvgIpc) is 1.72. The Balaban J connectivity index is -0.0000000980. The third-order valence-electron chi connectivity index (χ3n) is 0.697. The quantitative estimate of drug-likeness (QED) is 0.533. The van der Waals surface area contributed by atoms with Crippen LogP contribution in [-0.2, 0) is 18.2 Å². The normalized spacial score (nSPS) is 12.2. The fourth-order valence-electron chi connectivity index (χ4n) is 0.447. The largest absolute Gasteiger partial charge is 2.00 e. The van der Waals surface area contributed by atoms with E-state index in [1.54, 1.807) is 41.5 Å². The molecule has 0 aliphatic carbocycles. The molecule has 2 atom stereocenters. The van der Waals surface area contributed by atoms with E-state index in [0.29, 0.717) is 0 Å². The summed E-state index contributed by atoms with van der Waals surface area (Å²) in [6.07, 6.45) is 0. The minimum Gasteiger partial charge on any atom is -0.566 e. The monoisotopic (exact) mass is 330 g/mol. The van der Waals surface area contributed by atoms with Gasteiger partial charge in [-0.25, -0.2) is 0 Å². The number of rotatable bonds is 2. The van der Waals surface area contributed by atoms with Crippen molar-refractivity contribution in [2.75, 3.05) is 0 Å². The summed E-state index contributed by atoms with van der Waals surface area (Å²) in [6.45, 7) is 10.1. The first-order valence-corrected chi connectivity index (χ1v) is 6.69. The summed E-state index contributed by atoms with van der Waals surface area (Å²) in [4.78, 5) is 19.7. The van der Waals surface area contributed by atoms with E-state index in [0.717, 1.165) is 0 Å². The molecule has 0 aromatic rings. The van der Waals surface area contributed by atoms with Gasteiger partial charge in [0.1, 0.15) is 11.2 Å². The van der Waals surface area contributed by atoms with Crippen LogP contribution >= 0.6 is 16.5 Å². The summed E-state index contributed by atoms with van der Waals surface area (Å²) in [5.74, 6) is 0. The van der Waals surface area contributed by atoms with Crippen LogP contribution in [0.2, 0.25) is 0 Å². The molecule has 18 heavy (non-hydrogen) atoms. The van der Waals surface area contributed by atoms with Crippen molar-refractivity contribution >= 4 is 54.2 Å². The molecule has 0 aromatic carbocycles. The molecule has 0 amide bonds. The van der Waals surface area contributed by atoms with Crippen molar-refractivity contribution in [2.45, 2.75) is 52.7 Å². The van der Waals surface area contributed by atoms with Crippen LogP contribution in [0.3, 0.4) is 0 Å². The van der Waals surface area contributed by atoms with E-state index >= 15 is 0 Å². The molecule has 0 fully saturated rings. The Morgan fingerprint density at radius 2 is 0.944 bits per heavy atom. The first-order chi connectivity index (χ1) is 6.83. The van der Waals surface area contributed by atoms with E-state index in [1.165, 1.54) is 0 Å². The van der Waals surface area contributed by atoms with E-state index in [-0.39, 0.29) is 43.2 Å². The molecule has 10 heteroatoms. The van der Waals surface area contributed by atoms with Gasteiger partial charge in [-0.15, -0.1) is 9.05 Å². The van der Waals surface area contributed by atoms with Crippen LogP contribution in [0, 0.1) is 0 Å². The molecule has 0 bridgehead atoms. The second-order valence-corrected chi connectivity index (χ2v) is 6.11. The Kier molecular flexibility index (Phi) is 18.4. The van der Waals surface area contributed by atoms with Gasteiger partial charge in [0, 0.05) is 0 Å². The maximum absolute atomic E-state index is 9.83. The molecule has 0 rings (SSSR count). The van der Waals surface area contributed by atoms with Crippen LogP contribution < -0.4 is 9.79 Å². The molecule has 2 unspecified atom stereocenters. The molecule has 0 saturated heterocycles. The van der Waals surface area contributed by atoms with Gasteiger partial charge in [-0.2, -0.15) is 0 Å². The molecule has 7 nitrogen and oxygen atoms in total. The molecular weight excluding hydrogens is 310 g/mol. The van der Waals surface area contributed by atoms with Gasteiger partial charge in [0.25, 0.3) is 0 Å². The van der Waals surface area contributed by atoms with Crippen LogP contribution in [0.5, 0.6) is 0 Å². The maximum Gasteiger partial charge on any atom is 2.00 e. The standard InChI is InChI=1S/2C4H9O3P.Ca.H2O/c2*1-4(2,3)7-8(5)6;;/h2*1-3H3;;1H2/q;;+2;. The molecule has 104 valence electrons. The summed E-state index contributed by atoms with van der Waals surface area (Å²) in [6, 6.07) is 0. The van der Waals surface area contributed by atoms with Crippen molar-refractivity contribution in [2.24, 2.45) is 0 Å². The topological polar surface area (TPSA) is 130 Å². The number of hydrogen-bond acceptors (Lipinski definition) is 6. The summed E-state index contributed by atoms with van der Waals surface area (Å²) in [5.41, 5.74) is -1.15. The van der Waals surface area contributed by atoms with Crippen molar-refractivity contribution < 1.29 is 33.4 Å². The minimum atomic E-state index is -2.69. The van der Waals surface area contributed by atoms with Crippen molar-refractivity contribution in [1.82, 2.24) is 0 Å². The van der Waals surface area contributed by atoms with Gasteiger partial charge in [-0.3, -0.25) is 0 Å². The van der Waals surface area contributed by atoms with Gasteiger partial charge < -0.3 is 15.3 Å². The van der Waals surface area contributed by atoms with E-state index in [9.17, 15) is 18.9 Å². The second kappa shape index (κ2) is 12.0. The van der Waals surface area contributed by atoms with Crippen LogP contribution in [0.1, 0.15) is 41.5 Å². The Hall–Kier alpha value is 1.26. The molecule has 0 aliphatic heterocycles. The smallest absolute Gasteiger partial charge is 0.566 e. The SMILES string of the molecule is CC(C)(C)O[P+](=O)[O-].CC(C)(C)O[P+](=O)[O-].O.[Ca+2]. The average molecular weight is 330 g/mol. The predicted octanol–water partition coefficient (Wildman–Crippen LogP) is 0.433. The molecule has 0 spiro atoms. The van der Waals surface area contributed by atoms with Crippen LogP contribution in [0.4, 0.5) is 0 Å². The Morgan fingerprint density at radius 3 is 0.944 bits per heavy atom. The van der Waals surface area contributed by atoms with Gasteiger partial charge in [-0.1, -0.05) is 0 Å². The van der Waals surface area contributed by atoms with Crippen molar-refractivity contribution in [3.63, 3.8) is 0 Å². The van der Waals surface area contributed by atoms with Gasteiger partial charge in [-0.05, 0) is 50.7 Å². The van der Waals surface area contributed by atoms with Gasteiger partial charge in [0.2, 0.25) is 0 Å². The maximum atomic E-state index is 9.83. The van der Waals surface area contributed by atoms with Crippen LogP contribution in [0.15, 0.2) is 0 Å². The molecule has 0 aliphatic rings. The Bertz CT molecular complexity index is 221. The van der Waals surface area contributed by atoms with Crippen LogP contribution in [0.25, 0.3) is 0 Å². The molecule has 0 heterocycles. The molecule has 0 aromatic heterocycles. The zero-order valence-corrected chi connectivity index (χ0v) is 15.5. The van der Waals surface area contributed by atoms with Crippen molar-refractivity contribution in [3.05, 3.63) is 0 Å². The van der Waals surface area contributed by atoms with Crippen molar-refractivity contribution in [1.29, 1.82) is 0 Å². The zero-order valence-electron chi connectivity index (χ0n) is 11.6. The van der Waals surface area contributed by atoms with Crippen LogP contribution in [-0.4, -0.2) is 54.4 Å². The fraction of sp³-hybridized carbons (Fsp3) is 1.00. The molecule has 0 saturated carbocycles. The number of hydrogen-bond donors (Lipinski definition) is 0. The first-order valence-electron chi connectivity index (χ1n) is 4.50. The van der Waals surface area contributed by atoms with E-state index in [2.05, 4.69) is 9.05 Å². The zero-order chi connectivity index (χ0) is 13.6. The molecule has 0 radical (unpaired) electrons. The van der Waals surface area contributed by atoms with E-state index in [1.807, 2.05) is 0 Å². The van der Waals surface area contributed by atoms with Gasteiger partial charge in [0.15, 0.2) is 0 Å². The third kappa shape index (κ3) is 36.0. The summed E-state index contributed by atoms with van der Waals surface area (Å²) in [7, 11) is -5.38. The second-order valence-electron chi connectivity index (χ2n) is 4.85.